The van der Waals surface area contributed by atoms with Crippen molar-refractivity contribution >= 4 is 49.7 Å². The lowest BCUT2D eigenvalue weighted by atomic mass is 9.96. The first-order valence-electron chi connectivity index (χ1n) is 10.6. The molecule has 5 aromatic rings. The summed E-state index contributed by atoms with van der Waals surface area (Å²) in [5.74, 6) is -1.08. The fraction of sp³-hybridized carbons (Fsp3) is 0.0714. The molecule has 4 aromatic carbocycles. The summed E-state index contributed by atoms with van der Waals surface area (Å²) in [5, 5.41) is 2.37. The highest BCUT2D eigenvalue weighted by atomic mass is 79.9. The molecule has 0 aliphatic carbocycles. The predicted octanol–water partition coefficient (Wildman–Crippen LogP) is 6.99. The first-order valence-corrected chi connectivity index (χ1v) is 11.4. The third-order valence-corrected chi connectivity index (χ3v) is 6.81. The van der Waals surface area contributed by atoms with Crippen LogP contribution < -0.4 is 0 Å². The molecule has 0 saturated heterocycles. The molecular formula is C28H20BrNO4. The van der Waals surface area contributed by atoms with Crippen LogP contribution in [0.15, 0.2) is 83.3 Å². The Labute approximate surface area is 204 Å². The third-order valence-electron chi connectivity index (χ3n) is 5.95. The van der Waals surface area contributed by atoms with Crippen molar-refractivity contribution in [2.75, 3.05) is 14.2 Å². The molecule has 1 heterocycles. The van der Waals surface area contributed by atoms with Crippen LogP contribution in [0, 0.1) is 0 Å². The van der Waals surface area contributed by atoms with Crippen LogP contribution in [0.5, 0.6) is 0 Å². The summed E-state index contributed by atoms with van der Waals surface area (Å²) in [4.78, 5) is 28.2. The van der Waals surface area contributed by atoms with E-state index in [1.807, 2.05) is 36.4 Å². The Morgan fingerprint density at radius 3 is 1.94 bits per heavy atom. The summed E-state index contributed by atoms with van der Waals surface area (Å²) in [7, 11) is 2.61. The number of methoxy groups -OCH3 is 2. The van der Waals surface area contributed by atoms with Gasteiger partial charge in [0.2, 0.25) is 0 Å². The zero-order valence-electron chi connectivity index (χ0n) is 18.5. The van der Waals surface area contributed by atoms with Crippen LogP contribution in [0.3, 0.4) is 0 Å². The van der Waals surface area contributed by atoms with E-state index in [2.05, 4.69) is 51.2 Å². The van der Waals surface area contributed by atoms with E-state index in [0.717, 1.165) is 27.7 Å². The first kappa shape index (κ1) is 21.9. The lowest BCUT2D eigenvalue weighted by Gasteiger charge is -2.12. The number of hydrogen-bond donors (Lipinski definition) is 1. The molecule has 0 aliphatic heterocycles. The van der Waals surface area contributed by atoms with Gasteiger partial charge in [0.05, 0.1) is 30.9 Å². The van der Waals surface area contributed by atoms with E-state index in [1.165, 1.54) is 25.0 Å². The Balaban J connectivity index is 1.60. The second-order valence-electron chi connectivity index (χ2n) is 7.84. The summed E-state index contributed by atoms with van der Waals surface area (Å²) in [5.41, 5.74) is 6.42. The van der Waals surface area contributed by atoms with Gasteiger partial charge in [-0.25, -0.2) is 9.59 Å². The Morgan fingerprint density at radius 1 is 0.706 bits per heavy atom. The van der Waals surface area contributed by atoms with Crippen LogP contribution >= 0.6 is 15.9 Å². The number of carbonyl (C=O) groups excluding carboxylic acids is 2. The minimum Gasteiger partial charge on any atom is -0.465 e. The van der Waals surface area contributed by atoms with Crippen molar-refractivity contribution in [3.8, 4) is 22.3 Å². The van der Waals surface area contributed by atoms with Gasteiger partial charge in [0.15, 0.2) is 0 Å². The van der Waals surface area contributed by atoms with Crippen molar-refractivity contribution in [2.45, 2.75) is 0 Å². The number of carbonyl (C=O) groups is 2. The van der Waals surface area contributed by atoms with Crippen molar-refractivity contribution in [1.82, 2.24) is 4.98 Å². The summed E-state index contributed by atoms with van der Waals surface area (Å²) in [6, 6.07) is 26.0. The van der Waals surface area contributed by atoms with Gasteiger partial charge >= 0.3 is 11.9 Å². The lowest BCUT2D eigenvalue weighted by molar-refractivity contribution is 0.0597. The fourth-order valence-electron chi connectivity index (χ4n) is 4.26. The quantitative estimate of drug-likeness (QED) is 0.263. The van der Waals surface area contributed by atoms with Crippen molar-refractivity contribution < 1.29 is 19.1 Å². The largest absolute Gasteiger partial charge is 0.465 e. The van der Waals surface area contributed by atoms with Crippen LogP contribution in [0.25, 0.3) is 44.1 Å². The maximum atomic E-state index is 12.3. The van der Waals surface area contributed by atoms with Gasteiger partial charge in [-0.3, -0.25) is 0 Å². The number of esters is 2. The summed E-state index contributed by atoms with van der Waals surface area (Å²) in [6.07, 6.45) is 0. The Kier molecular flexibility index (Phi) is 5.67. The summed E-state index contributed by atoms with van der Waals surface area (Å²) in [6.45, 7) is 0. The van der Waals surface area contributed by atoms with E-state index < -0.39 is 11.9 Å². The number of H-pyrrole nitrogens is 1. The molecule has 5 nitrogen and oxygen atoms in total. The van der Waals surface area contributed by atoms with Crippen LogP contribution in [-0.4, -0.2) is 31.1 Å². The van der Waals surface area contributed by atoms with Crippen molar-refractivity contribution in [3.05, 3.63) is 94.5 Å². The highest BCUT2D eigenvalue weighted by Crippen LogP contribution is 2.35. The Hall–Kier alpha value is -3.90. The van der Waals surface area contributed by atoms with Crippen molar-refractivity contribution in [2.24, 2.45) is 0 Å². The van der Waals surface area contributed by atoms with Gasteiger partial charge < -0.3 is 14.5 Å². The van der Waals surface area contributed by atoms with E-state index in [4.69, 9.17) is 9.47 Å². The van der Waals surface area contributed by atoms with Gasteiger partial charge in [0, 0.05) is 26.3 Å². The number of halogens is 1. The molecule has 5 rings (SSSR count). The number of fused-ring (bicyclic) bond motifs is 3. The first-order chi connectivity index (χ1) is 16.5. The molecule has 0 radical (unpaired) electrons. The number of hydrogen-bond acceptors (Lipinski definition) is 4. The average molecular weight is 514 g/mol. The number of aromatic nitrogens is 1. The zero-order chi connectivity index (χ0) is 23.8. The molecule has 34 heavy (non-hydrogen) atoms. The molecule has 0 saturated carbocycles. The summed E-state index contributed by atoms with van der Waals surface area (Å²) < 4.78 is 10.1. The molecule has 0 spiro atoms. The monoisotopic (exact) mass is 513 g/mol. The number of aromatic amines is 1. The highest BCUT2D eigenvalue weighted by Gasteiger charge is 2.21. The lowest BCUT2D eigenvalue weighted by Crippen LogP contribution is -2.09. The van der Waals surface area contributed by atoms with Crippen molar-refractivity contribution in [1.29, 1.82) is 0 Å². The van der Waals surface area contributed by atoms with Crippen LogP contribution in [0.4, 0.5) is 0 Å². The average Bonchev–Trinajstić information content (AvgIpc) is 3.27. The maximum Gasteiger partial charge on any atom is 0.339 e. The zero-order valence-corrected chi connectivity index (χ0v) is 20.1. The number of ether oxygens (including phenoxy) is 2. The summed E-state index contributed by atoms with van der Waals surface area (Å²) >= 11 is 3.35. The standard InChI is InChI=1S/C28H20BrNO4/c1-33-27(31)22-14-18(15-23(25(22)29)28(32)34-2)16-10-12-17(13-11-16)19-7-5-8-21-20-6-3-4-9-24(20)30-26(19)21/h3-15,30H,1-2H3. The Morgan fingerprint density at radius 2 is 1.29 bits per heavy atom. The van der Waals surface area contributed by atoms with Crippen LogP contribution in [-0.2, 0) is 9.47 Å². The third kappa shape index (κ3) is 3.66. The van der Waals surface area contributed by atoms with Gasteiger partial charge in [0.25, 0.3) is 0 Å². The second-order valence-corrected chi connectivity index (χ2v) is 8.64. The molecule has 0 aliphatic rings. The van der Waals surface area contributed by atoms with E-state index in [-0.39, 0.29) is 11.1 Å². The molecule has 1 N–H and O–H groups in total. The molecule has 0 fully saturated rings. The van der Waals surface area contributed by atoms with Crippen LogP contribution in [0.2, 0.25) is 0 Å². The predicted molar refractivity (Wildman–Crippen MR) is 137 cm³/mol. The van der Waals surface area contributed by atoms with Crippen molar-refractivity contribution in [3.63, 3.8) is 0 Å². The van der Waals surface area contributed by atoms with E-state index >= 15 is 0 Å². The fourth-order valence-corrected chi connectivity index (χ4v) is 4.82. The van der Waals surface area contributed by atoms with Gasteiger partial charge in [-0.05, 0) is 50.8 Å². The van der Waals surface area contributed by atoms with E-state index in [9.17, 15) is 9.59 Å². The number of nitrogens with one attached hydrogen (secondary N) is 1. The molecule has 0 atom stereocenters. The topological polar surface area (TPSA) is 68.4 Å². The van der Waals surface area contributed by atoms with Gasteiger partial charge in [-0.15, -0.1) is 0 Å². The SMILES string of the molecule is COC(=O)c1cc(-c2ccc(-c3cccc4c3[nH]c3ccccc34)cc2)cc(C(=O)OC)c1Br. The molecular weight excluding hydrogens is 494 g/mol. The van der Waals surface area contributed by atoms with Gasteiger partial charge in [-0.1, -0.05) is 60.7 Å². The van der Waals surface area contributed by atoms with E-state index in [1.54, 1.807) is 12.1 Å². The Bertz CT molecular complexity index is 1530. The maximum absolute atomic E-state index is 12.3. The molecule has 168 valence electrons. The molecule has 0 bridgehead atoms. The number of rotatable bonds is 4. The number of para-hydroxylation sites is 2. The normalized spacial score (nSPS) is 11.0. The van der Waals surface area contributed by atoms with Gasteiger partial charge in [0.1, 0.15) is 0 Å². The number of benzene rings is 4. The minimum absolute atomic E-state index is 0.257. The second kappa shape index (κ2) is 8.80. The molecule has 0 amide bonds. The smallest absolute Gasteiger partial charge is 0.339 e. The van der Waals surface area contributed by atoms with Crippen LogP contribution in [0.1, 0.15) is 20.7 Å². The molecule has 1 aromatic heterocycles. The van der Waals surface area contributed by atoms with Gasteiger partial charge in [-0.2, -0.15) is 0 Å². The molecule has 0 unspecified atom stereocenters. The van der Waals surface area contributed by atoms with E-state index in [0.29, 0.717) is 10.0 Å². The molecule has 6 heteroatoms. The highest BCUT2D eigenvalue weighted by molar-refractivity contribution is 9.10. The minimum atomic E-state index is -0.541.